The largest absolute Gasteiger partial charge is 0.334 e. The zero-order chi connectivity index (χ0) is 16.5. The Hall–Kier alpha value is -1.62. The normalized spacial score (nSPS) is 20.7. The first-order valence-corrected chi connectivity index (χ1v) is 7.70. The highest BCUT2D eigenvalue weighted by Crippen LogP contribution is 2.37. The van der Waals surface area contributed by atoms with Crippen LogP contribution in [0, 0.1) is 5.82 Å². The molecule has 1 aliphatic heterocycles. The molecule has 0 radical (unpaired) electrons. The predicted molar refractivity (Wildman–Crippen MR) is 85.8 cm³/mol. The Morgan fingerprint density at radius 1 is 1.32 bits per heavy atom. The summed E-state index contributed by atoms with van der Waals surface area (Å²) in [6, 6.07) is 6.23. The number of carbonyl (C=O) groups excluding carboxylic acids is 1. The lowest BCUT2D eigenvalue weighted by atomic mass is 9.77. The van der Waals surface area contributed by atoms with E-state index in [4.69, 9.17) is 5.73 Å². The van der Waals surface area contributed by atoms with Gasteiger partial charge in [-0.1, -0.05) is 12.1 Å². The number of nitrogens with two attached hydrogens (primary N) is 1. The molecule has 2 rings (SSSR count). The Kier molecular flexibility index (Phi) is 4.47. The van der Waals surface area contributed by atoms with Crippen molar-refractivity contribution in [2.75, 3.05) is 0 Å². The van der Waals surface area contributed by atoms with Gasteiger partial charge in [0.15, 0.2) is 0 Å². The van der Waals surface area contributed by atoms with Crippen molar-refractivity contribution in [1.29, 1.82) is 0 Å². The Morgan fingerprint density at radius 2 is 1.91 bits per heavy atom. The number of urea groups is 1. The molecule has 5 heteroatoms. The number of hydrogen-bond donors (Lipinski definition) is 2. The van der Waals surface area contributed by atoms with Gasteiger partial charge in [0.05, 0.1) is 0 Å². The number of benzene rings is 1. The van der Waals surface area contributed by atoms with Gasteiger partial charge in [-0.05, 0) is 58.2 Å². The van der Waals surface area contributed by atoms with Crippen LogP contribution in [0.5, 0.6) is 0 Å². The van der Waals surface area contributed by atoms with Crippen molar-refractivity contribution in [3.8, 4) is 0 Å². The zero-order valence-electron chi connectivity index (χ0n) is 13.8. The van der Waals surface area contributed by atoms with Crippen LogP contribution in [0.1, 0.15) is 46.1 Å². The van der Waals surface area contributed by atoms with E-state index in [2.05, 4.69) is 5.32 Å². The van der Waals surface area contributed by atoms with Crippen LogP contribution in [0.25, 0.3) is 0 Å². The van der Waals surface area contributed by atoms with Crippen molar-refractivity contribution in [3.63, 3.8) is 0 Å². The van der Waals surface area contributed by atoms with E-state index in [1.54, 1.807) is 12.1 Å². The van der Waals surface area contributed by atoms with Crippen LogP contribution in [0.4, 0.5) is 9.18 Å². The minimum atomic E-state index is -0.312. The number of piperidine rings is 1. The molecule has 0 bridgehead atoms. The molecule has 1 aromatic carbocycles. The third-order valence-electron chi connectivity index (χ3n) is 4.27. The topological polar surface area (TPSA) is 58.4 Å². The summed E-state index contributed by atoms with van der Waals surface area (Å²) in [5, 5.41) is 2.90. The molecular formula is C17H26FN3O. The fourth-order valence-electron chi connectivity index (χ4n) is 3.81. The summed E-state index contributed by atoms with van der Waals surface area (Å²) in [7, 11) is 0. The van der Waals surface area contributed by atoms with Crippen LogP contribution in [0.3, 0.4) is 0 Å². The first-order valence-electron chi connectivity index (χ1n) is 7.70. The van der Waals surface area contributed by atoms with Gasteiger partial charge in [0, 0.05) is 23.7 Å². The van der Waals surface area contributed by atoms with Crippen LogP contribution in [0.2, 0.25) is 0 Å². The molecule has 0 aliphatic carbocycles. The molecule has 22 heavy (non-hydrogen) atoms. The van der Waals surface area contributed by atoms with Gasteiger partial charge in [0.2, 0.25) is 0 Å². The molecule has 1 aromatic rings. The molecule has 0 unspecified atom stereocenters. The summed E-state index contributed by atoms with van der Waals surface area (Å²) in [6.45, 7) is 8.46. The number of halogens is 1. The number of hydrogen-bond acceptors (Lipinski definition) is 2. The molecule has 0 spiro atoms. The summed E-state index contributed by atoms with van der Waals surface area (Å²) in [6.07, 6.45) is 1.54. The first-order chi connectivity index (χ1) is 10.1. The van der Waals surface area contributed by atoms with Crippen molar-refractivity contribution in [2.45, 2.75) is 64.2 Å². The van der Waals surface area contributed by atoms with Gasteiger partial charge in [-0.25, -0.2) is 9.18 Å². The molecule has 1 aliphatic rings. The van der Waals surface area contributed by atoms with Crippen molar-refractivity contribution < 1.29 is 9.18 Å². The second-order valence-corrected chi connectivity index (χ2v) is 7.42. The summed E-state index contributed by atoms with van der Waals surface area (Å²) < 4.78 is 13.2. The summed E-state index contributed by atoms with van der Waals surface area (Å²) in [5.41, 5.74) is 6.25. The van der Waals surface area contributed by atoms with Crippen LogP contribution >= 0.6 is 0 Å². The number of likely N-dealkylation sites (tertiary alicyclic amines) is 1. The Bertz CT molecular complexity index is 539. The molecule has 0 aromatic heterocycles. The second-order valence-electron chi connectivity index (χ2n) is 7.42. The minimum absolute atomic E-state index is 0.0947. The maximum absolute atomic E-state index is 13.2. The van der Waals surface area contributed by atoms with Crippen LogP contribution < -0.4 is 11.1 Å². The van der Waals surface area contributed by atoms with E-state index in [-0.39, 0.29) is 29.0 Å². The molecule has 122 valence electrons. The van der Waals surface area contributed by atoms with Crippen molar-refractivity contribution in [1.82, 2.24) is 10.2 Å². The molecule has 4 nitrogen and oxygen atoms in total. The van der Waals surface area contributed by atoms with E-state index in [0.29, 0.717) is 6.54 Å². The molecule has 1 heterocycles. The van der Waals surface area contributed by atoms with Gasteiger partial charge in [-0.2, -0.15) is 0 Å². The van der Waals surface area contributed by atoms with Gasteiger partial charge >= 0.3 is 6.03 Å². The lowest BCUT2D eigenvalue weighted by molar-refractivity contribution is 0.00298. The van der Waals surface area contributed by atoms with Crippen LogP contribution in [-0.4, -0.2) is 28.1 Å². The summed E-state index contributed by atoms with van der Waals surface area (Å²) in [5.74, 6) is -0.295. The quantitative estimate of drug-likeness (QED) is 0.882. The van der Waals surface area contributed by atoms with E-state index in [1.807, 2.05) is 32.6 Å². The van der Waals surface area contributed by atoms with Gasteiger partial charge in [-0.3, -0.25) is 0 Å². The fourth-order valence-corrected chi connectivity index (χ4v) is 3.81. The lowest BCUT2D eigenvalue weighted by Crippen LogP contribution is -2.66. The highest BCUT2D eigenvalue weighted by molar-refractivity contribution is 5.76. The van der Waals surface area contributed by atoms with Crippen molar-refractivity contribution in [2.24, 2.45) is 5.73 Å². The third-order valence-corrected chi connectivity index (χ3v) is 4.27. The van der Waals surface area contributed by atoms with Crippen molar-refractivity contribution >= 4 is 6.03 Å². The number of rotatable bonds is 2. The van der Waals surface area contributed by atoms with E-state index in [9.17, 15) is 9.18 Å². The highest BCUT2D eigenvalue weighted by atomic mass is 19.1. The molecule has 1 saturated heterocycles. The summed E-state index contributed by atoms with van der Waals surface area (Å²) >= 11 is 0. The molecule has 0 atom stereocenters. The minimum Gasteiger partial charge on any atom is -0.334 e. The van der Waals surface area contributed by atoms with Crippen LogP contribution in [-0.2, 0) is 6.54 Å². The number of carbonyl (C=O) groups is 1. The standard InChI is InChI=1S/C17H26FN3O/c1-16(2)9-14(19)10-17(3,4)21(16)15(22)20-11-12-6-5-7-13(18)8-12/h5-8,14H,9-11,19H2,1-4H3,(H,20,22). The average molecular weight is 307 g/mol. The fraction of sp³-hybridized carbons (Fsp3) is 0.588. The maximum atomic E-state index is 13.2. The number of amides is 2. The highest BCUT2D eigenvalue weighted by Gasteiger charge is 2.46. The molecule has 2 amide bonds. The molecule has 3 N–H and O–H groups in total. The number of nitrogens with zero attached hydrogens (tertiary/aromatic N) is 1. The average Bonchev–Trinajstić information content (AvgIpc) is 2.32. The predicted octanol–water partition coefficient (Wildman–Crippen LogP) is 3.02. The molecule has 1 fully saturated rings. The van der Waals surface area contributed by atoms with Crippen LogP contribution in [0.15, 0.2) is 24.3 Å². The SMILES string of the molecule is CC1(C)CC(N)CC(C)(C)N1C(=O)NCc1cccc(F)c1. The maximum Gasteiger partial charge on any atom is 0.318 e. The Labute approximate surface area is 131 Å². The van der Waals surface area contributed by atoms with Gasteiger partial charge < -0.3 is 16.0 Å². The first kappa shape index (κ1) is 16.7. The Balaban J connectivity index is 2.10. The number of nitrogens with one attached hydrogen (secondary N) is 1. The molecular weight excluding hydrogens is 281 g/mol. The second kappa shape index (κ2) is 5.88. The van der Waals surface area contributed by atoms with E-state index >= 15 is 0 Å². The van der Waals surface area contributed by atoms with Gasteiger partial charge in [0.25, 0.3) is 0 Å². The van der Waals surface area contributed by atoms with E-state index in [1.165, 1.54) is 12.1 Å². The third kappa shape index (κ3) is 3.58. The summed E-state index contributed by atoms with van der Waals surface area (Å²) in [4.78, 5) is 14.6. The smallest absolute Gasteiger partial charge is 0.318 e. The monoisotopic (exact) mass is 307 g/mol. The van der Waals surface area contributed by atoms with Gasteiger partial charge in [-0.15, -0.1) is 0 Å². The van der Waals surface area contributed by atoms with E-state index < -0.39 is 0 Å². The zero-order valence-corrected chi connectivity index (χ0v) is 13.8. The lowest BCUT2D eigenvalue weighted by Gasteiger charge is -2.54. The Morgan fingerprint density at radius 3 is 2.45 bits per heavy atom. The van der Waals surface area contributed by atoms with Gasteiger partial charge in [0.1, 0.15) is 5.82 Å². The molecule has 0 saturated carbocycles. The van der Waals surface area contributed by atoms with E-state index in [0.717, 1.165) is 18.4 Å². The van der Waals surface area contributed by atoms with Crippen molar-refractivity contribution in [3.05, 3.63) is 35.6 Å².